The number of anilines is 1. The summed E-state index contributed by atoms with van der Waals surface area (Å²) in [7, 11) is 0. The van der Waals surface area contributed by atoms with Gasteiger partial charge in [-0.2, -0.15) is 0 Å². The molecule has 0 heterocycles. The van der Waals surface area contributed by atoms with Gasteiger partial charge in [0.25, 0.3) is 0 Å². The van der Waals surface area contributed by atoms with Gasteiger partial charge in [0, 0.05) is 18.3 Å². The SMILES string of the molecule is CCOc1ccc(NCC2CC3C=CC2C3)cc1OCC. The monoisotopic (exact) mass is 287 g/mol. The fraction of sp³-hybridized carbons (Fsp3) is 0.556. The van der Waals surface area contributed by atoms with Crippen LogP contribution in [0.25, 0.3) is 0 Å². The summed E-state index contributed by atoms with van der Waals surface area (Å²) in [6.07, 6.45) is 7.50. The molecule has 1 aromatic rings. The van der Waals surface area contributed by atoms with Gasteiger partial charge in [0.1, 0.15) is 0 Å². The Bertz CT molecular complexity index is 512. The topological polar surface area (TPSA) is 30.5 Å². The Balaban J connectivity index is 1.62. The number of hydrogen-bond donors (Lipinski definition) is 1. The summed E-state index contributed by atoms with van der Waals surface area (Å²) in [5.41, 5.74) is 1.12. The minimum Gasteiger partial charge on any atom is -0.490 e. The van der Waals surface area contributed by atoms with Crippen LogP contribution in [0.15, 0.2) is 30.4 Å². The van der Waals surface area contributed by atoms with Crippen molar-refractivity contribution in [1.82, 2.24) is 0 Å². The van der Waals surface area contributed by atoms with Gasteiger partial charge in [0.05, 0.1) is 13.2 Å². The van der Waals surface area contributed by atoms with Crippen molar-refractivity contribution in [2.24, 2.45) is 17.8 Å². The second kappa shape index (κ2) is 6.42. The first-order chi connectivity index (χ1) is 10.3. The Kier molecular flexibility index (Phi) is 4.37. The van der Waals surface area contributed by atoms with Crippen molar-refractivity contribution >= 4 is 5.69 Å². The standard InChI is InChI=1S/C18H25NO2/c1-3-20-17-8-7-16(11-18(17)21-4-2)19-12-15-10-13-5-6-14(15)9-13/h5-8,11,13-15,19H,3-4,9-10,12H2,1-2H3. The molecule has 3 unspecified atom stereocenters. The Labute approximate surface area is 127 Å². The summed E-state index contributed by atoms with van der Waals surface area (Å²) in [6.45, 7) is 6.35. The van der Waals surface area contributed by atoms with E-state index in [0.717, 1.165) is 41.5 Å². The molecule has 1 saturated carbocycles. The Morgan fingerprint density at radius 3 is 2.52 bits per heavy atom. The smallest absolute Gasteiger partial charge is 0.163 e. The van der Waals surface area contributed by atoms with Crippen molar-refractivity contribution < 1.29 is 9.47 Å². The van der Waals surface area contributed by atoms with Gasteiger partial charge < -0.3 is 14.8 Å². The Morgan fingerprint density at radius 2 is 1.86 bits per heavy atom. The highest BCUT2D eigenvalue weighted by atomic mass is 16.5. The maximum absolute atomic E-state index is 5.68. The normalized spacial score (nSPS) is 26.1. The summed E-state index contributed by atoms with van der Waals surface area (Å²) < 4.78 is 11.3. The molecule has 21 heavy (non-hydrogen) atoms. The lowest BCUT2D eigenvalue weighted by Gasteiger charge is -2.20. The fourth-order valence-corrected chi connectivity index (χ4v) is 3.54. The molecule has 3 atom stereocenters. The molecule has 1 fully saturated rings. The summed E-state index contributed by atoms with van der Waals surface area (Å²) in [5, 5.41) is 3.57. The highest BCUT2D eigenvalue weighted by molar-refractivity contribution is 5.54. The van der Waals surface area contributed by atoms with Gasteiger partial charge in [0.2, 0.25) is 0 Å². The van der Waals surface area contributed by atoms with Crippen LogP contribution < -0.4 is 14.8 Å². The molecular weight excluding hydrogens is 262 g/mol. The Hall–Kier alpha value is -1.64. The van der Waals surface area contributed by atoms with Crippen LogP contribution in [-0.2, 0) is 0 Å². The van der Waals surface area contributed by atoms with Crippen LogP contribution in [0.1, 0.15) is 26.7 Å². The number of hydrogen-bond acceptors (Lipinski definition) is 3. The average molecular weight is 287 g/mol. The molecule has 3 nitrogen and oxygen atoms in total. The molecule has 0 spiro atoms. The molecule has 2 bridgehead atoms. The van der Waals surface area contributed by atoms with Crippen molar-refractivity contribution in [2.45, 2.75) is 26.7 Å². The molecule has 0 aromatic heterocycles. The molecule has 3 heteroatoms. The van der Waals surface area contributed by atoms with E-state index in [1.54, 1.807) is 0 Å². The molecule has 2 aliphatic carbocycles. The van der Waals surface area contributed by atoms with Crippen molar-refractivity contribution in [3.63, 3.8) is 0 Å². The van der Waals surface area contributed by atoms with E-state index in [1.807, 2.05) is 19.9 Å². The van der Waals surface area contributed by atoms with Crippen molar-refractivity contribution in [2.75, 3.05) is 25.1 Å². The van der Waals surface area contributed by atoms with E-state index in [9.17, 15) is 0 Å². The molecule has 114 valence electrons. The number of allylic oxidation sites excluding steroid dienone is 2. The van der Waals surface area contributed by atoms with E-state index in [0.29, 0.717) is 13.2 Å². The number of rotatable bonds is 7. The molecule has 3 rings (SSSR count). The highest BCUT2D eigenvalue weighted by Gasteiger charge is 2.35. The van der Waals surface area contributed by atoms with Gasteiger partial charge in [-0.3, -0.25) is 0 Å². The first-order valence-corrected chi connectivity index (χ1v) is 8.12. The molecule has 0 aliphatic heterocycles. The van der Waals surface area contributed by atoms with E-state index < -0.39 is 0 Å². The van der Waals surface area contributed by atoms with E-state index in [2.05, 4.69) is 29.6 Å². The van der Waals surface area contributed by atoms with Crippen molar-refractivity contribution in [1.29, 1.82) is 0 Å². The third-order valence-electron chi connectivity index (χ3n) is 4.53. The van der Waals surface area contributed by atoms with Gasteiger partial charge >= 0.3 is 0 Å². The van der Waals surface area contributed by atoms with Crippen LogP contribution in [0.5, 0.6) is 11.5 Å². The lowest BCUT2D eigenvalue weighted by Crippen LogP contribution is -2.18. The number of ether oxygens (including phenoxy) is 2. The molecule has 2 aliphatic rings. The van der Waals surface area contributed by atoms with Gasteiger partial charge in [-0.05, 0) is 56.6 Å². The Morgan fingerprint density at radius 1 is 1.05 bits per heavy atom. The molecule has 0 amide bonds. The van der Waals surface area contributed by atoms with Crippen LogP contribution in [0.2, 0.25) is 0 Å². The lowest BCUT2D eigenvalue weighted by atomic mass is 9.93. The van der Waals surface area contributed by atoms with E-state index in [-0.39, 0.29) is 0 Å². The summed E-state index contributed by atoms with van der Waals surface area (Å²) in [4.78, 5) is 0. The fourth-order valence-electron chi connectivity index (χ4n) is 3.54. The zero-order valence-corrected chi connectivity index (χ0v) is 13.0. The quantitative estimate of drug-likeness (QED) is 0.766. The van der Waals surface area contributed by atoms with Crippen LogP contribution in [0, 0.1) is 17.8 Å². The van der Waals surface area contributed by atoms with Gasteiger partial charge in [-0.25, -0.2) is 0 Å². The first kappa shape index (κ1) is 14.3. The molecule has 1 N–H and O–H groups in total. The predicted molar refractivity (Wildman–Crippen MR) is 86.1 cm³/mol. The van der Waals surface area contributed by atoms with Crippen LogP contribution in [-0.4, -0.2) is 19.8 Å². The minimum absolute atomic E-state index is 0.653. The maximum atomic E-state index is 5.68. The summed E-state index contributed by atoms with van der Waals surface area (Å²) in [5.74, 6) is 4.06. The molecule has 0 saturated heterocycles. The van der Waals surface area contributed by atoms with Gasteiger partial charge in [0.15, 0.2) is 11.5 Å². The van der Waals surface area contributed by atoms with Crippen molar-refractivity contribution in [3.05, 3.63) is 30.4 Å². The van der Waals surface area contributed by atoms with Crippen LogP contribution in [0.3, 0.4) is 0 Å². The third-order valence-corrected chi connectivity index (χ3v) is 4.53. The summed E-state index contributed by atoms with van der Waals surface area (Å²) >= 11 is 0. The lowest BCUT2D eigenvalue weighted by molar-refractivity contribution is 0.288. The third kappa shape index (κ3) is 3.17. The minimum atomic E-state index is 0.653. The number of nitrogens with one attached hydrogen (secondary N) is 1. The predicted octanol–water partition coefficient (Wildman–Crippen LogP) is 4.11. The van der Waals surface area contributed by atoms with Crippen molar-refractivity contribution in [3.8, 4) is 11.5 Å². The molecule has 1 aromatic carbocycles. The van der Waals surface area contributed by atoms with E-state index >= 15 is 0 Å². The van der Waals surface area contributed by atoms with Crippen LogP contribution in [0.4, 0.5) is 5.69 Å². The van der Waals surface area contributed by atoms with Crippen LogP contribution >= 0.6 is 0 Å². The first-order valence-electron chi connectivity index (χ1n) is 8.12. The zero-order valence-electron chi connectivity index (χ0n) is 13.0. The second-order valence-electron chi connectivity index (χ2n) is 5.95. The second-order valence-corrected chi connectivity index (χ2v) is 5.95. The number of benzene rings is 1. The van der Waals surface area contributed by atoms with E-state index in [1.165, 1.54) is 12.8 Å². The largest absolute Gasteiger partial charge is 0.490 e. The van der Waals surface area contributed by atoms with E-state index in [4.69, 9.17) is 9.47 Å². The highest BCUT2D eigenvalue weighted by Crippen LogP contribution is 2.43. The average Bonchev–Trinajstić information content (AvgIpc) is 3.10. The van der Waals surface area contributed by atoms with Gasteiger partial charge in [-0.1, -0.05) is 12.2 Å². The summed E-state index contributed by atoms with van der Waals surface area (Å²) in [6, 6.07) is 6.13. The maximum Gasteiger partial charge on any atom is 0.163 e. The number of fused-ring (bicyclic) bond motifs is 2. The molecule has 0 radical (unpaired) electrons. The van der Waals surface area contributed by atoms with Gasteiger partial charge in [-0.15, -0.1) is 0 Å². The molecular formula is C18H25NO2. The zero-order chi connectivity index (χ0) is 14.7.